The molecular weight excluding hydrogens is 821 g/mol. The second-order valence-electron chi connectivity index (χ2n) is 18.5. The van der Waals surface area contributed by atoms with Gasteiger partial charge in [-0.1, -0.05) is 202 Å². The number of hydrogen-bond donors (Lipinski definition) is 0. The summed E-state index contributed by atoms with van der Waals surface area (Å²) < 4.78 is 0. The third-order valence-electron chi connectivity index (χ3n) is 13.4. The van der Waals surface area contributed by atoms with Gasteiger partial charge in [-0.15, -0.1) is 0 Å². The maximum Gasteiger partial charge on any atom is 0.0468 e. The van der Waals surface area contributed by atoms with Gasteiger partial charge in [-0.05, 0) is 159 Å². The third-order valence-corrected chi connectivity index (χ3v) is 13.4. The Morgan fingerprint density at radius 3 is 1.32 bits per heavy atom. The van der Waals surface area contributed by atoms with E-state index in [0.29, 0.717) is 0 Å². The lowest BCUT2D eigenvalue weighted by molar-refractivity contribution is 0.453. The molecule has 0 amide bonds. The van der Waals surface area contributed by atoms with Crippen LogP contribution in [0, 0.1) is 5.41 Å². The molecular formula is C66H56N2. The average molecular weight is 877 g/mol. The standard InChI is InChI=1S/C66H56N2/c1-5-6-27-65-48(2)44-55-34-41-61(45-56(55)47-66(65,3)4)68(60-37-30-52(31-38-60)50-21-13-8-14-22-50)62-42-43-63(64(46-62)53-23-15-9-16-24-53)54-32-39-59(40-33-54)67(57-25-17-10-18-26-57)58-35-28-51(29-36-58)49-19-11-7-12-20-49/h5-43,45-46H,1,44,47H2,2-4H3/b27-6-. The van der Waals surface area contributed by atoms with Gasteiger partial charge in [0.05, 0.1) is 0 Å². The summed E-state index contributed by atoms with van der Waals surface area (Å²) in [6, 6.07) is 83.7. The van der Waals surface area contributed by atoms with E-state index in [2.05, 4.69) is 280 Å². The van der Waals surface area contributed by atoms with Crippen molar-refractivity contribution in [2.45, 2.75) is 33.6 Å². The normalized spacial score (nSPS) is 13.2. The highest BCUT2D eigenvalue weighted by Crippen LogP contribution is 2.45. The number of para-hydroxylation sites is 1. The first kappa shape index (κ1) is 43.7. The molecule has 1 aliphatic carbocycles. The van der Waals surface area contributed by atoms with Crippen LogP contribution < -0.4 is 9.80 Å². The van der Waals surface area contributed by atoms with Crippen molar-refractivity contribution >= 4 is 34.1 Å². The summed E-state index contributed by atoms with van der Waals surface area (Å²) in [5, 5.41) is 0. The van der Waals surface area contributed by atoms with Crippen LogP contribution in [-0.4, -0.2) is 0 Å². The molecule has 0 radical (unpaired) electrons. The fourth-order valence-corrected chi connectivity index (χ4v) is 10.1. The van der Waals surface area contributed by atoms with Gasteiger partial charge in [0.25, 0.3) is 0 Å². The zero-order valence-electron chi connectivity index (χ0n) is 39.2. The fraction of sp³-hybridized carbons (Fsp3) is 0.0909. The van der Waals surface area contributed by atoms with Crippen molar-refractivity contribution in [1.29, 1.82) is 0 Å². The molecule has 0 saturated heterocycles. The summed E-state index contributed by atoms with van der Waals surface area (Å²) in [6.07, 6.45) is 8.09. The van der Waals surface area contributed by atoms with Crippen molar-refractivity contribution in [3.05, 3.63) is 278 Å². The van der Waals surface area contributed by atoms with Crippen LogP contribution in [0.5, 0.6) is 0 Å². The number of benzene rings is 9. The summed E-state index contributed by atoms with van der Waals surface area (Å²) in [4.78, 5) is 4.77. The van der Waals surface area contributed by atoms with Crippen LogP contribution in [0.25, 0.3) is 44.5 Å². The van der Waals surface area contributed by atoms with E-state index in [1.54, 1.807) is 0 Å². The van der Waals surface area contributed by atoms with Crippen LogP contribution in [-0.2, 0) is 12.8 Å². The molecule has 0 atom stereocenters. The molecule has 68 heavy (non-hydrogen) atoms. The van der Waals surface area contributed by atoms with Crippen molar-refractivity contribution < 1.29 is 0 Å². The minimum Gasteiger partial charge on any atom is -0.311 e. The molecule has 0 N–H and O–H groups in total. The maximum absolute atomic E-state index is 3.96. The lowest BCUT2D eigenvalue weighted by atomic mass is 9.78. The third kappa shape index (κ3) is 9.14. The second kappa shape index (κ2) is 19.3. The highest BCUT2D eigenvalue weighted by atomic mass is 15.1. The zero-order chi connectivity index (χ0) is 46.5. The first-order valence-corrected chi connectivity index (χ1v) is 23.7. The lowest BCUT2D eigenvalue weighted by Crippen LogP contribution is -2.18. The largest absolute Gasteiger partial charge is 0.311 e. The van der Waals surface area contributed by atoms with Gasteiger partial charge in [0.15, 0.2) is 0 Å². The van der Waals surface area contributed by atoms with Gasteiger partial charge in [-0.25, -0.2) is 0 Å². The highest BCUT2D eigenvalue weighted by molar-refractivity contribution is 5.90. The number of hydrogen-bond acceptors (Lipinski definition) is 2. The van der Waals surface area contributed by atoms with Crippen LogP contribution in [0.1, 0.15) is 31.9 Å². The van der Waals surface area contributed by atoms with Crippen molar-refractivity contribution in [2.24, 2.45) is 5.41 Å². The summed E-state index contributed by atoms with van der Waals surface area (Å²) in [5.41, 5.74) is 21.7. The van der Waals surface area contributed by atoms with E-state index < -0.39 is 0 Å². The van der Waals surface area contributed by atoms with E-state index in [9.17, 15) is 0 Å². The van der Waals surface area contributed by atoms with Crippen LogP contribution in [0.3, 0.4) is 0 Å². The number of fused-ring (bicyclic) bond motifs is 1. The fourth-order valence-electron chi connectivity index (χ4n) is 10.1. The first-order valence-electron chi connectivity index (χ1n) is 23.7. The van der Waals surface area contributed by atoms with Crippen LogP contribution in [0.2, 0.25) is 0 Å². The monoisotopic (exact) mass is 876 g/mol. The van der Waals surface area contributed by atoms with Crippen molar-refractivity contribution in [3.63, 3.8) is 0 Å². The van der Waals surface area contributed by atoms with Crippen molar-refractivity contribution in [1.82, 2.24) is 0 Å². The highest BCUT2D eigenvalue weighted by Gasteiger charge is 2.29. The molecule has 0 saturated carbocycles. The van der Waals surface area contributed by atoms with Gasteiger partial charge in [0.2, 0.25) is 0 Å². The van der Waals surface area contributed by atoms with Crippen molar-refractivity contribution in [2.75, 3.05) is 9.80 Å². The predicted octanol–water partition coefficient (Wildman–Crippen LogP) is 18.5. The molecule has 9 aromatic rings. The summed E-state index contributed by atoms with van der Waals surface area (Å²) >= 11 is 0. The zero-order valence-corrected chi connectivity index (χ0v) is 39.2. The molecule has 0 unspecified atom stereocenters. The maximum atomic E-state index is 3.96. The summed E-state index contributed by atoms with van der Waals surface area (Å²) in [7, 11) is 0. The Kier molecular flexibility index (Phi) is 12.4. The van der Waals surface area contributed by atoms with Crippen molar-refractivity contribution in [3.8, 4) is 44.5 Å². The Labute approximate surface area is 403 Å². The summed E-state index contributed by atoms with van der Waals surface area (Å²) in [6.45, 7) is 11.0. The molecule has 330 valence electrons. The number of rotatable bonds is 12. The Balaban J connectivity index is 1.06. The lowest BCUT2D eigenvalue weighted by Gasteiger charge is -2.29. The predicted molar refractivity (Wildman–Crippen MR) is 291 cm³/mol. The van der Waals surface area contributed by atoms with Gasteiger partial charge in [0.1, 0.15) is 0 Å². The molecule has 0 aromatic heterocycles. The molecule has 2 nitrogen and oxygen atoms in total. The molecule has 0 aliphatic heterocycles. The Bertz CT molecular complexity index is 3220. The molecule has 2 heteroatoms. The van der Waals surface area contributed by atoms with Gasteiger partial charge in [-0.2, -0.15) is 0 Å². The van der Waals surface area contributed by atoms with E-state index in [4.69, 9.17) is 0 Å². The van der Waals surface area contributed by atoms with Gasteiger partial charge in [0, 0.05) is 34.1 Å². The minimum atomic E-state index is -0.0432. The van der Waals surface area contributed by atoms with Gasteiger partial charge in [-0.3, -0.25) is 0 Å². The minimum absolute atomic E-state index is 0.0432. The quantitative estimate of drug-likeness (QED) is 0.113. The first-order chi connectivity index (χ1) is 33.3. The molecule has 0 fully saturated rings. The second-order valence-corrected chi connectivity index (χ2v) is 18.5. The van der Waals surface area contributed by atoms with E-state index in [1.807, 2.05) is 6.08 Å². The van der Waals surface area contributed by atoms with Gasteiger partial charge >= 0.3 is 0 Å². The number of anilines is 6. The molecule has 0 heterocycles. The summed E-state index contributed by atoms with van der Waals surface area (Å²) in [5.74, 6) is 0. The SMILES string of the molecule is C=C/C=C\C1=C(C)Cc2ccc(N(c3ccc(-c4ccccc4)cc3)c3ccc(-c4ccc(N(c5ccccc5)c5ccc(-c6ccccc6)cc5)cc4)c(-c4ccccc4)c3)cc2CC1(C)C. The van der Waals surface area contributed by atoms with E-state index in [1.165, 1.54) is 61.2 Å². The molecule has 9 aromatic carbocycles. The topological polar surface area (TPSA) is 6.48 Å². The van der Waals surface area contributed by atoms with Gasteiger partial charge < -0.3 is 9.80 Å². The van der Waals surface area contributed by atoms with E-state index in [0.717, 1.165) is 52.5 Å². The molecule has 0 spiro atoms. The Morgan fingerprint density at radius 1 is 0.397 bits per heavy atom. The smallest absolute Gasteiger partial charge is 0.0468 e. The van der Waals surface area contributed by atoms with Crippen LogP contribution in [0.4, 0.5) is 34.1 Å². The molecule has 1 aliphatic rings. The number of allylic oxidation sites excluding steroid dienone is 5. The average Bonchev–Trinajstić information content (AvgIpc) is 3.48. The Hall–Kier alpha value is -8.20. The number of nitrogens with zero attached hydrogens (tertiary/aromatic N) is 2. The molecule has 0 bridgehead atoms. The van der Waals surface area contributed by atoms with Crippen LogP contribution >= 0.6 is 0 Å². The van der Waals surface area contributed by atoms with E-state index in [-0.39, 0.29) is 5.41 Å². The van der Waals surface area contributed by atoms with Crippen LogP contribution in [0.15, 0.2) is 266 Å². The Morgan fingerprint density at radius 2 is 0.794 bits per heavy atom. The molecule has 10 rings (SSSR count). The van der Waals surface area contributed by atoms with E-state index >= 15 is 0 Å².